The minimum atomic E-state index is -0.272. The Kier molecular flexibility index (Phi) is 7.26. The van der Waals surface area contributed by atoms with Crippen LogP contribution in [0.1, 0.15) is 10.5 Å². The summed E-state index contributed by atoms with van der Waals surface area (Å²) in [5.74, 6) is 0.254. The first-order valence-corrected chi connectivity index (χ1v) is 6.06. The molecule has 8 heteroatoms. The van der Waals surface area contributed by atoms with Gasteiger partial charge in [0, 0.05) is 37.3 Å². The summed E-state index contributed by atoms with van der Waals surface area (Å²) in [6.07, 6.45) is 4.37. The van der Waals surface area contributed by atoms with Gasteiger partial charge >= 0.3 is 0 Å². The van der Waals surface area contributed by atoms with Crippen LogP contribution < -0.4 is 10.6 Å². The van der Waals surface area contributed by atoms with Crippen LogP contribution in [0.4, 0.5) is 0 Å². The Bertz CT molecular complexity index is 352. The molecule has 1 unspecified atom stereocenters. The summed E-state index contributed by atoms with van der Waals surface area (Å²) in [5.41, 5.74) is 0.280. The summed E-state index contributed by atoms with van der Waals surface area (Å²) >= 11 is 4.09. The normalized spacial score (nSPS) is 12.1. The quantitative estimate of drug-likeness (QED) is 0.222. The molecule has 0 bridgehead atoms. The molecule has 0 aliphatic carbocycles. The number of thiol groups is 1. The summed E-state index contributed by atoms with van der Waals surface area (Å²) in [6, 6.07) is -0.0632. The molecule has 1 heterocycles. The van der Waals surface area contributed by atoms with Crippen LogP contribution in [0.5, 0.6) is 0 Å². The van der Waals surface area contributed by atoms with Crippen LogP contribution in [0.25, 0.3) is 0 Å². The fourth-order valence-corrected chi connectivity index (χ4v) is 1.46. The molecule has 3 N–H and O–H groups in total. The van der Waals surface area contributed by atoms with Crippen LogP contribution in [-0.4, -0.2) is 52.6 Å². The Morgan fingerprint density at radius 2 is 2.33 bits per heavy atom. The highest BCUT2D eigenvalue weighted by molar-refractivity contribution is 7.80. The first-order valence-electron chi connectivity index (χ1n) is 5.42. The molecule has 1 amide bonds. The third kappa shape index (κ3) is 5.41. The molecular formula is C10H16N4O3S. The second kappa shape index (κ2) is 8.81. The standard InChI is InChI=1S/C10H16N4O3S/c15-10(9-5-11-1-2-13-9)14-4-3-12-8(7-18)6-17-16/h1-2,5,8,12,16,18H,3-4,6-7H2,(H,14,15). The van der Waals surface area contributed by atoms with Gasteiger partial charge in [-0.2, -0.15) is 12.6 Å². The van der Waals surface area contributed by atoms with E-state index in [2.05, 4.69) is 38.1 Å². The fourth-order valence-electron chi connectivity index (χ4n) is 1.23. The Balaban J connectivity index is 2.20. The number of nitrogens with one attached hydrogen (secondary N) is 2. The second-order valence-corrected chi connectivity index (χ2v) is 3.84. The molecule has 18 heavy (non-hydrogen) atoms. The highest BCUT2D eigenvalue weighted by atomic mass is 32.1. The van der Waals surface area contributed by atoms with Crippen molar-refractivity contribution in [3.05, 3.63) is 24.3 Å². The van der Waals surface area contributed by atoms with Crippen molar-refractivity contribution in [2.24, 2.45) is 0 Å². The van der Waals surface area contributed by atoms with Crippen molar-refractivity contribution in [3.63, 3.8) is 0 Å². The SMILES string of the molecule is O=C(NCCNC(CS)COO)c1cnccn1. The third-order valence-electron chi connectivity index (χ3n) is 2.14. The van der Waals surface area contributed by atoms with Gasteiger partial charge in [0.05, 0.1) is 12.8 Å². The van der Waals surface area contributed by atoms with Gasteiger partial charge in [0.1, 0.15) is 5.69 Å². The molecule has 0 saturated heterocycles. The van der Waals surface area contributed by atoms with E-state index in [-0.39, 0.29) is 24.2 Å². The van der Waals surface area contributed by atoms with E-state index in [1.165, 1.54) is 18.6 Å². The average Bonchev–Trinajstić information content (AvgIpc) is 2.43. The molecule has 1 aromatic rings. The summed E-state index contributed by atoms with van der Waals surface area (Å²) in [4.78, 5) is 23.3. The lowest BCUT2D eigenvalue weighted by molar-refractivity contribution is -0.245. The zero-order chi connectivity index (χ0) is 13.2. The van der Waals surface area contributed by atoms with Crippen molar-refractivity contribution in [2.45, 2.75) is 6.04 Å². The number of carbonyl (C=O) groups is 1. The van der Waals surface area contributed by atoms with E-state index < -0.39 is 0 Å². The van der Waals surface area contributed by atoms with Gasteiger partial charge in [-0.1, -0.05) is 0 Å². The fraction of sp³-hybridized carbons (Fsp3) is 0.500. The molecule has 1 rings (SSSR count). The van der Waals surface area contributed by atoms with E-state index in [1.54, 1.807) is 0 Å². The maximum atomic E-state index is 11.6. The van der Waals surface area contributed by atoms with Crippen LogP contribution >= 0.6 is 12.6 Å². The number of amides is 1. The number of carbonyl (C=O) groups excluding carboxylic acids is 1. The van der Waals surface area contributed by atoms with Gasteiger partial charge in [-0.3, -0.25) is 15.0 Å². The van der Waals surface area contributed by atoms with Crippen molar-refractivity contribution in [1.82, 2.24) is 20.6 Å². The Morgan fingerprint density at radius 3 is 2.94 bits per heavy atom. The van der Waals surface area contributed by atoms with E-state index in [0.29, 0.717) is 18.8 Å². The van der Waals surface area contributed by atoms with Gasteiger partial charge in [-0.05, 0) is 0 Å². The van der Waals surface area contributed by atoms with Crippen molar-refractivity contribution in [2.75, 3.05) is 25.4 Å². The minimum Gasteiger partial charge on any atom is -0.349 e. The molecule has 0 aliphatic heterocycles. The van der Waals surface area contributed by atoms with Crippen molar-refractivity contribution in [1.29, 1.82) is 0 Å². The van der Waals surface area contributed by atoms with Crippen molar-refractivity contribution >= 4 is 18.5 Å². The van der Waals surface area contributed by atoms with Gasteiger partial charge < -0.3 is 10.6 Å². The first-order chi connectivity index (χ1) is 8.77. The van der Waals surface area contributed by atoms with E-state index in [0.717, 1.165) is 0 Å². The lowest BCUT2D eigenvalue weighted by Gasteiger charge is -2.14. The maximum Gasteiger partial charge on any atom is 0.271 e. The highest BCUT2D eigenvalue weighted by Gasteiger charge is 2.07. The van der Waals surface area contributed by atoms with Gasteiger partial charge in [-0.25, -0.2) is 9.87 Å². The molecular weight excluding hydrogens is 256 g/mol. The Morgan fingerprint density at radius 1 is 1.50 bits per heavy atom. The molecule has 0 spiro atoms. The molecule has 0 aliphatic rings. The lowest BCUT2D eigenvalue weighted by Crippen LogP contribution is -2.40. The Labute approximate surface area is 110 Å². The lowest BCUT2D eigenvalue weighted by atomic mass is 10.3. The smallest absolute Gasteiger partial charge is 0.271 e. The number of hydrogen-bond acceptors (Lipinski definition) is 7. The van der Waals surface area contributed by atoms with Crippen LogP contribution in [-0.2, 0) is 4.89 Å². The summed E-state index contributed by atoms with van der Waals surface area (Å²) < 4.78 is 0. The molecule has 0 radical (unpaired) electrons. The number of hydrogen-bond donors (Lipinski definition) is 4. The second-order valence-electron chi connectivity index (χ2n) is 3.48. The van der Waals surface area contributed by atoms with Crippen LogP contribution in [0.15, 0.2) is 18.6 Å². The highest BCUT2D eigenvalue weighted by Crippen LogP contribution is 1.90. The van der Waals surface area contributed by atoms with E-state index >= 15 is 0 Å². The van der Waals surface area contributed by atoms with Crippen LogP contribution in [0.2, 0.25) is 0 Å². The Hall–Kier alpha value is -1.22. The summed E-state index contributed by atoms with van der Waals surface area (Å²) in [7, 11) is 0. The number of nitrogens with zero attached hydrogens (tertiary/aromatic N) is 2. The molecule has 1 atom stereocenters. The number of aromatic nitrogens is 2. The topological polar surface area (TPSA) is 96.4 Å². The summed E-state index contributed by atoms with van der Waals surface area (Å²) in [6.45, 7) is 1.13. The zero-order valence-electron chi connectivity index (χ0n) is 9.74. The van der Waals surface area contributed by atoms with E-state index in [9.17, 15) is 4.79 Å². The molecule has 0 fully saturated rings. The van der Waals surface area contributed by atoms with Crippen molar-refractivity contribution < 1.29 is 14.9 Å². The largest absolute Gasteiger partial charge is 0.349 e. The zero-order valence-corrected chi connectivity index (χ0v) is 10.6. The van der Waals surface area contributed by atoms with E-state index in [4.69, 9.17) is 5.26 Å². The molecule has 0 aromatic carbocycles. The monoisotopic (exact) mass is 272 g/mol. The van der Waals surface area contributed by atoms with Crippen LogP contribution in [0, 0.1) is 0 Å². The summed E-state index contributed by atoms with van der Waals surface area (Å²) in [5, 5.41) is 14.1. The molecule has 100 valence electrons. The van der Waals surface area contributed by atoms with Crippen LogP contribution in [0.3, 0.4) is 0 Å². The number of rotatable bonds is 8. The van der Waals surface area contributed by atoms with Crippen molar-refractivity contribution in [3.8, 4) is 0 Å². The minimum absolute atomic E-state index is 0.0632. The maximum absolute atomic E-state index is 11.6. The van der Waals surface area contributed by atoms with Gasteiger partial charge in [0.25, 0.3) is 5.91 Å². The van der Waals surface area contributed by atoms with Gasteiger partial charge in [0.15, 0.2) is 0 Å². The molecule has 0 saturated carbocycles. The molecule has 1 aromatic heterocycles. The first kappa shape index (κ1) is 14.8. The third-order valence-corrected chi connectivity index (χ3v) is 2.58. The molecule has 7 nitrogen and oxygen atoms in total. The predicted molar refractivity (Wildman–Crippen MR) is 68.6 cm³/mol. The van der Waals surface area contributed by atoms with Gasteiger partial charge in [0.2, 0.25) is 0 Å². The average molecular weight is 272 g/mol. The van der Waals surface area contributed by atoms with Gasteiger partial charge in [-0.15, -0.1) is 0 Å². The predicted octanol–water partition coefficient (Wildman–Crippen LogP) is -0.416. The van der Waals surface area contributed by atoms with E-state index in [1.807, 2.05) is 0 Å².